The maximum Gasteiger partial charge on any atom is 0.143 e. The van der Waals surface area contributed by atoms with Crippen LogP contribution in [0.1, 0.15) is 0 Å². The Kier molecular flexibility index (Phi) is 6.84. The first kappa shape index (κ1) is 27.9. The lowest BCUT2D eigenvalue weighted by molar-refractivity contribution is 0.670. The normalized spacial score (nSPS) is 11.3. The van der Waals surface area contributed by atoms with E-state index in [0.29, 0.717) is 0 Å². The van der Waals surface area contributed by atoms with Gasteiger partial charge in [-0.3, -0.25) is 0 Å². The first-order chi connectivity index (χ1) is 23.8. The summed E-state index contributed by atoms with van der Waals surface area (Å²) >= 11 is 0. The highest BCUT2D eigenvalue weighted by molar-refractivity contribution is 6.10. The number of benzene rings is 8. The second-order valence-corrected chi connectivity index (χ2v) is 12.1. The Balaban J connectivity index is 1.21. The summed E-state index contributed by atoms with van der Waals surface area (Å²) in [4.78, 5) is 2.36. The number of anilines is 3. The van der Waals surface area contributed by atoms with Crippen molar-refractivity contribution in [2.24, 2.45) is 0 Å². The van der Waals surface area contributed by atoms with Gasteiger partial charge in [0.1, 0.15) is 11.2 Å². The largest absolute Gasteiger partial charge is 0.455 e. The molecule has 0 fully saturated rings. The summed E-state index contributed by atoms with van der Waals surface area (Å²) in [5, 5.41) is 4.75. The van der Waals surface area contributed by atoms with E-state index in [2.05, 4.69) is 181 Å². The third-order valence-electron chi connectivity index (χ3n) is 9.30. The van der Waals surface area contributed by atoms with Gasteiger partial charge in [-0.1, -0.05) is 152 Å². The first-order valence-corrected chi connectivity index (χ1v) is 16.4. The predicted octanol–water partition coefficient (Wildman–Crippen LogP) is 13.2. The van der Waals surface area contributed by atoms with Crippen LogP contribution >= 0.6 is 0 Å². The minimum Gasteiger partial charge on any atom is -0.455 e. The topological polar surface area (TPSA) is 16.4 Å². The quantitative estimate of drug-likeness (QED) is 0.185. The SMILES string of the molecule is c1ccc(-c2ccc(N(c3ccc(-c4cccc5ccccc45)cc3)c3ccccc3-c3cccc4c3oc3ccccc34)cc2)cc1. The van der Waals surface area contributed by atoms with Gasteiger partial charge in [0, 0.05) is 33.3 Å². The fourth-order valence-electron chi connectivity index (χ4n) is 6.98. The summed E-state index contributed by atoms with van der Waals surface area (Å²) in [5.41, 5.74) is 12.0. The van der Waals surface area contributed by atoms with Crippen molar-refractivity contribution in [3.8, 4) is 33.4 Å². The third-order valence-corrected chi connectivity index (χ3v) is 9.30. The highest BCUT2D eigenvalue weighted by Gasteiger charge is 2.20. The van der Waals surface area contributed by atoms with E-state index in [-0.39, 0.29) is 0 Å². The summed E-state index contributed by atoms with van der Waals surface area (Å²) in [7, 11) is 0. The van der Waals surface area contributed by atoms with E-state index in [1.165, 1.54) is 33.0 Å². The Labute approximate surface area is 279 Å². The number of fused-ring (bicyclic) bond motifs is 4. The molecule has 0 aliphatic heterocycles. The molecule has 0 aliphatic rings. The fourth-order valence-corrected chi connectivity index (χ4v) is 6.98. The van der Waals surface area contributed by atoms with Gasteiger partial charge in [-0.2, -0.15) is 0 Å². The van der Waals surface area contributed by atoms with Gasteiger partial charge in [0.05, 0.1) is 5.69 Å². The van der Waals surface area contributed by atoms with E-state index in [1.807, 2.05) is 12.1 Å². The lowest BCUT2D eigenvalue weighted by Crippen LogP contribution is -2.11. The number of hydrogen-bond donors (Lipinski definition) is 0. The van der Waals surface area contributed by atoms with Gasteiger partial charge in [-0.25, -0.2) is 0 Å². The minimum atomic E-state index is 0.898. The van der Waals surface area contributed by atoms with Crippen LogP contribution in [0.25, 0.3) is 66.1 Å². The Bertz CT molecular complexity index is 2540. The molecule has 0 amide bonds. The van der Waals surface area contributed by atoms with Crippen LogP contribution in [0, 0.1) is 0 Å². The van der Waals surface area contributed by atoms with Gasteiger partial charge in [0.25, 0.3) is 0 Å². The molecule has 226 valence electrons. The van der Waals surface area contributed by atoms with Crippen molar-refractivity contribution in [1.29, 1.82) is 0 Å². The van der Waals surface area contributed by atoms with Crippen LogP contribution in [0.4, 0.5) is 17.1 Å². The second kappa shape index (κ2) is 11.8. The average Bonchev–Trinajstić information content (AvgIpc) is 3.55. The molecule has 0 unspecified atom stereocenters. The van der Waals surface area contributed by atoms with Crippen LogP contribution in [0.5, 0.6) is 0 Å². The van der Waals surface area contributed by atoms with Crippen molar-refractivity contribution in [2.75, 3.05) is 4.90 Å². The standard InChI is InChI=1S/C46H31NO/c1-2-12-32(13-3-1)33-24-28-36(29-25-33)47(37-30-26-35(27-31-37)39-19-10-15-34-14-4-5-16-38(34)39)44-22-8-6-17-40(44)42-20-11-21-43-41-18-7-9-23-45(41)48-46(42)43/h1-31H. The van der Waals surface area contributed by atoms with Crippen LogP contribution in [-0.4, -0.2) is 0 Å². The zero-order chi connectivity index (χ0) is 31.9. The molecule has 0 radical (unpaired) electrons. The van der Waals surface area contributed by atoms with Crippen molar-refractivity contribution >= 4 is 49.8 Å². The lowest BCUT2D eigenvalue weighted by Gasteiger charge is -2.28. The van der Waals surface area contributed by atoms with Crippen LogP contribution < -0.4 is 4.90 Å². The Hall–Kier alpha value is -6.38. The molecule has 2 nitrogen and oxygen atoms in total. The molecule has 0 N–H and O–H groups in total. The van der Waals surface area contributed by atoms with Gasteiger partial charge >= 0.3 is 0 Å². The summed E-state index contributed by atoms with van der Waals surface area (Å²) in [6, 6.07) is 66.8. The smallest absolute Gasteiger partial charge is 0.143 e. The molecule has 0 aliphatic carbocycles. The molecule has 0 spiro atoms. The Morgan fingerprint density at radius 2 is 0.875 bits per heavy atom. The molecule has 0 atom stereocenters. The van der Waals surface area contributed by atoms with Crippen molar-refractivity contribution in [1.82, 2.24) is 0 Å². The van der Waals surface area contributed by atoms with Crippen LogP contribution in [0.2, 0.25) is 0 Å². The van der Waals surface area contributed by atoms with Crippen molar-refractivity contribution in [2.45, 2.75) is 0 Å². The Morgan fingerprint density at radius 1 is 0.333 bits per heavy atom. The third kappa shape index (κ3) is 4.83. The van der Waals surface area contributed by atoms with E-state index >= 15 is 0 Å². The molecule has 1 heterocycles. The highest BCUT2D eigenvalue weighted by Crippen LogP contribution is 2.45. The molecule has 2 heteroatoms. The van der Waals surface area contributed by atoms with Gasteiger partial charge in [-0.05, 0) is 69.4 Å². The number of rotatable bonds is 6. The van der Waals surface area contributed by atoms with Crippen LogP contribution in [0.15, 0.2) is 192 Å². The van der Waals surface area contributed by atoms with E-state index < -0.39 is 0 Å². The van der Waals surface area contributed by atoms with Gasteiger partial charge < -0.3 is 9.32 Å². The summed E-state index contributed by atoms with van der Waals surface area (Å²) in [6.07, 6.45) is 0. The van der Waals surface area contributed by atoms with E-state index in [0.717, 1.165) is 50.1 Å². The van der Waals surface area contributed by atoms with E-state index in [9.17, 15) is 0 Å². The Morgan fingerprint density at radius 3 is 1.69 bits per heavy atom. The van der Waals surface area contributed by atoms with Gasteiger partial charge in [0.15, 0.2) is 0 Å². The highest BCUT2D eigenvalue weighted by atomic mass is 16.3. The van der Waals surface area contributed by atoms with Gasteiger partial charge in [-0.15, -0.1) is 0 Å². The molecular formula is C46H31NO. The molecule has 0 bridgehead atoms. The molecule has 0 saturated heterocycles. The van der Waals surface area contributed by atoms with Crippen LogP contribution in [0.3, 0.4) is 0 Å². The summed E-state index contributed by atoms with van der Waals surface area (Å²) in [5.74, 6) is 0. The maximum atomic E-state index is 6.53. The van der Waals surface area contributed by atoms with Crippen LogP contribution in [-0.2, 0) is 0 Å². The lowest BCUT2D eigenvalue weighted by atomic mass is 9.97. The molecular weight excluding hydrogens is 583 g/mol. The molecule has 0 saturated carbocycles. The molecule has 48 heavy (non-hydrogen) atoms. The van der Waals surface area contributed by atoms with Crippen molar-refractivity contribution in [3.05, 3.63) is 188 Å². The minimum absolute atomic E-state index is 0.898. The summed E-state index contributed by atoms with van der Waals surface area (Å²) < 4.78 is 6.53. The average molecular weight is 614 g/mol. The van der Waals surface area contributed by atoms with E-state index in [1.54, 1.807) is 0 Å². The molecule has 8 aromatic carbocycles. The first-order valence-electron chi connectivity index (χ1n) is 16.4. The van der Waals surface area contributed by atoms with Gasteiger partial charge in [0.2, 0.25) is 0 Å². The zero-order valence-electron chi connectivity index (χ0n) is 26.3. The van der Waals surface area contributed by atoms with Crippen molar-refractivity contribution in [3.63, 3.8) is 0 Å². The molecule has 9 rings (SSSR count). The maximum absolute atomic E-state index is 6.53. The van der Waals surface area contributed by atoms with Crippen molar-refractivity contribution < 1.29 is 4.42 Å². The zero-order valence-corrected chi connectivity index (χ0v) is 26.3. The second-order valence-electron chi connectivity index (χ2n) is 12.1. The predicted molar refractivity (Wildman–Crippen MR) is 202 cm³/mol. The number of para-hydroxylation sites is 3. The van der Waals surface area contributed by atoms with E-state index in [4.69, 9.17) is 4.42 Å². The fraction of sp³-hybridized carbons (Fsp3) is 0. The molecule has 1 aromatic heterocycles. The monoisotopic (exact) mass is 613 g/mol. The number of furan rings is 1. The summed E-state index contributed by atoms with van der Waals surface area (Å²) in [6.45, 7) is 0. The number of nitrogens with zero attached hydrogens (tertiary/aromatic N) is 1. The molecule has 9 aromatic rings. The number of hydrogen-bond acceptors (Lipinski definition) is 2.